The lowest BCUT2D eigenvalue weighted by Crippen LogP contribution is -2.55. The fourth-order valence-electron chi connectivity index (χ4n) is 5.31. The maximum atomic E-state index is 13.7. The van der Waals surface area contributed by atoms with Crippen LogP contribution in [0, 0.1) is 0 Å². The van der Waals surface area contributed by atoms with Gasteiger partial charge in [0.2, 0.25) is 0 Å². The van der Waals surface area contributed by atoms with E-state index in [-0.39, 0.29) is 39.2 Å². The average Bonchev–Trinajstić information content (AvgIpc) is 3.06. The average molecular weight is 643 g/mol. The smallest absolute Gasteiger partial charge is 0.432 e. The number of nitrogens with zero attached hydrogens (tertiary/aromatic N) is 2. The number of anilines is 1. The third kappa shape index (κ3) is 9.02. The molecule has 45 heavy (non-hydrogen) atoms. The second-order valence-electron chi connectivity index (χ2n) is 11.9. The molecule has 3 aliphatic heterocycles. The van der Waals surface area contributed by atoms with Crippen molar-refractivity contribution < 1.29 is 51.7 Å². The molecule has 1 aromatic carbocycles. The first-order valence-electron chi connectivity index (χ1n) is 14.8. The third-order valence-corrected chi connectivity index (χ3v) is 7.19. The highest BCUT2D eigenvalue weighted by atomic mass is 19.4. The van der Waals surface area contributed by atoms with E-state index in [9.17, 15) is 22.8 Å². The third-order valence-electron chi connectivity index (χ3n) is 7.19. The van der Waals surface area contributed by atoms with E-state index in [0.717, 1.165) is 11.2 Å². The van der Waals surface area contributed by atoms with Gasteiger partial charge < -0.3 is 29.4 Å². The highest BCUT2D eigenvalue weighted by molar-refractivity contribution is 5.82. The van der Waals surface area contributed by atoms with Crippen LogP contribution in [0.15, 0.2) is 35.5 Å². The SMILES string of the molecule is COCON1NC(C(F)(F)F)=CC2=C1c1ccc(N[C@@H]3CC[C@@H](C(=O)OCCO)N(C(=O)OC(C)(C)C)C3)cc1COCCC2. The molecule has 0 aliphatic carbocycles. The predicted molar refractivity (Wildman–Crippen MR) is 156 cm³/mol. The number of rotatable bonds is 8. The molecule has 1 aromatic rings. The molecule has 2 atom stereocenters. The number of hydroxylamine groups is 1. The number of hydrazine groups is 1. The molecule has 1 fully saturated rings. The molecule has 1 amide bonds. The molecule has 3 heterocycles. The van der Waals surface area contributed by atoms with Gasteiger partial charge in [-0.25, -0.2) is 14.4 Å². The van der Waals surface area contributed by atoms with Gasteiger partial charge in [-0.3, -0.25) is 10.3 Å². The number of fused-ring (bicyclic) bond motifs is 2. The number of halogens is 3. The Labute approximate surface area is 260 Å². The molecule has 1 saturated heterocycles. The molecule has 250 valence electrons. The number of aliphatic hydroxyl groups is 1. The number of benzene rings is 1. The van der Waals surface area contributed by atoms with Crippen LogP contribution >= 0.6 is 0 Å². The van der Waals surface area contributed by atoms with Gasteiger partial charge in [0.1, 0.15) is 23.9 Å². The van der Waals surface area contributed by atoms with Crippen LogP contribution in [-0.2, 0) is 35.2 Å². The number of allylic oxidation sites excluding steroid dienone is 3. The zero-order chi connectivity index (χ0) is 32.8. The van der Waals surface area contributed by atoms with E-state index in [1.165, 1.54) is 12.0 Å². The van der Waals surface area contributed by atoms with Crippen LogP contribution in [0.25, 0.3) is 5.70 Å². The monoisotopic (exact) mass is 642 g/mol. The molecule has 15 heteroatoms. The molecule has 0 aromatic heterocycles. The van der Waals surface area contributed by atoms with E-state index in [1.807, 2.05) is 6.07 Å². The number of methoxy groups -OCH3 is 1. The second kappa shape index (κ2) is 14.7. The maximum Gasteiger partial charge on any atom is 0.432 e. The van der Waals surface area contributed by atoms with E-state index < -0.39 is 35.6 Å². The van der Waals surface area contributed by atoms with Gasteiger partial charge in [0.05, 0.1) is 18.9 Å². The number of aliphatic hydroxyl groups excluding tert-OH is 1. The number of hydrogen-bond acceptors (Lipinski definition) is 11. The Morgan fingerprint density at radius 2 is 1.98 bits per heavy atom. The Morgan fingerprint density at radius 3 is 2.67 bits per heavy atom. The molecule has 3 aliphatic rings. The van der Waals surface area contributed by atoms with E-state index in [1.54, 1.807) is 32.9 Å². The maximum absolute atomic E-state index is 13.7. The number of piperidine rings is 1. The lowest BCUT2D eigenvalue weighted by Gasteiger charge is -2.39. The molecular formula is C30H41F3N4O8. The summed E-state index contributed by atoms with van der Waals surface area (Å²) >= 11 is 0. The summed E-state index contributed by atoms with van der Waals surface area (Å²) in [6.45, 7) is 5.09. The molecule has 12 nitrogen and oxygen atoms in total. The number of nitrogens with one attached hydrogen (secondary N) is 2. The lowest BCUT2D eigenvalue weighted by atomic mass is 9.95. The normalized spacial score (nSPS) is 20.9. The van der Waals surface area contributed by atoms with Crippen LogP contribution in [0.3, 0.4) is 0 Å². The first kappa shape index (κ1) is 34.3. The molecule has 0 radical (unpaired) electrons. The summed E-state index contributed by atoms with van der Waals surface area (Å²) in [4.78, 5) is 32.7. The molecule has 0 saturated carbocycles. The molecule has 4 rings (SSSR count). The number of amides is 1. The highest BCUT2D eigenvalue weighted by Crippen LogP contribution is 2.38. The summed E-state index contributed by atoms with van der Waals surface area (Å²) in [7, 11) is 1.37. The zero-order valence-electron chi connectivity index (χ0n) is 25.9. The van der Waals surface area contributed by atoms with E-state index in [0.29, 0.717) is 60.4 Å². The lowest BCUT2D eigenvalue weighted by molar-refractivity contribution is -0.214. The molecule has 0 unspecified atom stereocenters. The quantitative estimate of drug-likeness (QED) is 0.278. The minimum Gasteiger partial charge on any atom is -0.462 e. The van der Waals surface area contributed by atoms with E-state index in [2.05, 4.69) is 10.7 Å². The summed E-state index contributed by atoms with van der Waals surface area (Å²) in [5, 5.41) is 13.5. The first-order valence-corrected chi connectivity index (χ1v) is 14.8. The van der Waals surface area contributed by atoms with E-state index in [4.69, 9.17) is 28.9 Å². The van der Waals surface area contributed by atoms with Crippen molar-refractivity contribution in [3.8, 4) is 0 Å². The van der Waals surface area contributed by atoms with Crippen molar-refractivity contribution in [3.63, 3.8) is 0 Å². The minimum absolute atomic E-state index is 0.143. The predicted octanol–water partition coefficient (Wildman–Crippen LogP) is 4.23. The Kier molecular flexibility index (Phi) is 11.2. The molecule has 0 bridgehead atoms. The summed E-state index contributed by atoms with van der Waals surface area (Å²) in [6, 6.07) is 4.29. The highest BCUT2D eigenvalue weighted by Gasteiger charge is 2.41. The molecular weight excluding hydrogens is 601 g/mol. The standard InChI is InChI=1S/C30H41F3N4O8/c1-29(2,3)45-28(40)36-16-22(8-10-24(36)27(39)43-13-11-38)34-21-7-9-23-20(14-21)17-42-12-5-6-19-15-25(30(31,32)33)35-37(26(19)23)44-18-41-4/h7,9,14-15,22,24,34-35,38H,5-6,8,10-13,16-18H2,1-4H3/t22-,24+/m1/s1. The zero-order valence-corrected chi connectivity index (χ0v) is 25.9. The minimum atomic E-state index is -4.62. The summed E-state index contributed by atoms with van der Waals surface area (Å²) < 4.78 is 62.8. The van der Waals surface area contributed by atoms with Crippen molar-refractivity contribution in [2.75, 3.05) is 45.6 Å². The fraction of sp³-hybridized carbons (Fsp3) is 0.600. The van der Waals surface area contributed by atoms with Crippen molar-refractivity contribution in [2.24, 2.45) is 0 Å². The van der Waals surface area contributed by atoms with Gasteiger partial charge in [-0.1, -0.05) is 6.07 Å². The van der Waals surface area contributed by atoms with Gasteiger partial charge >= 0.3 is 18.2 Å². The fourth-order valence-corrected chi connectivity index (χ4v) is 5.31. The number of carbonyl (C=O) groups is 2. The van der Waals surface area contributed by atoms with Gasteiger partial charge in [-0.05, 0) is 75.8 Å². The molecule has 3 N–H and O–H groups in total. The number of carbonyl (C=O) groups excluding carboxylic acids is 2. The summed E-state index contributed by atoms with van der Waals surface area (Å²) in [6.07, 6.45) is -2.53. The van der Waals surface area contributed by atoms with Crippen molar-refractivity contribution in [1.82, 2.24) is 15.5 Å². The van der Waals surface area contributed by atoms with Crippen LogP contribution in [0.1, 0.15) is 57.6 Å². The molecule has 0 spiro atoms. The number of ether oxygens (including phenoxy) is 4. The van der Waals surface area contributed by atoms with Crippen LogP contribution < -0.4 is 10.7 Å². The number of esters is 1. The topological polar surface area (TPSA) is 131 Å². The first-order chi connectivity index (χ1) is 21.3. The summed E-state index contributed by atoms with van der Waals surface area (Å²) in [5.74, 6) is -0.615. The van der Waals surface area contributed by atoms with Gasteiger partial charge in [-0.15, -0.1) is 0 Å². The Balaban J connectivity index is 1.62. The number of hydrogen-bond donors (Lipinski definition) is 3. The van der Waals surface area contributed by atoms with Gasteiger partial charge in [0, 0.05) is 37.6 Å². The van der Waals surface area contributed by atoms with Crippen molar-refractivity contribution >= 4 is 23.4 Å². The van der Waals surface area contributed by atoms with Crippen molar-refractivity contribution in [3.05, 3.63) is 46.7 Å². The Hall–Kier alpha value is -3.53. The number of likely N-dealkylation sites (tertiary alicyclic amines) is 1. The Morgan fingerprint density at radius 1 is 1.20 bits per heavy atom. The second-order valence-corrected chi connectivity index (χ2v) is 11.9. The van der Waals surface area contributed by atoms with Gasteiger partial charge in [0.25, 0.3) is 0 Å². The number of alkyl halides is 3. The van der Waals surface area contributed by atoms with Gasteiger partial charge in [0.15, 0.2) is 6.79 Å². The largest absolute Gasteiger partial charge is 0.462 e. The van der Waals surface area contributed by atoms with Crippen LogP contribution in [-0.4, -0.2) is 91.4 Å². The van der Waals surface area contributed by atoms with Crippen LogP contribution in [0.2, 0.25) is 0 Å². The van der Waals surface area contributed by atoms with Crippen molar-refractivity contribution in [2.45, 2.75) is 76.9 Å². The van der Waals surface area contributed by atoms with Gasteiger partial charge in [-0.2, -0.15) is 18.3 Å². The van der Waals surface area contributed by atoms with Crippen LogP contribution in [0.5, 0.6) is 0 Å². The van der Waals surface area contributed by atoms with E-state index >= 15 is 0 Å². The van der Waals surface area contributed by atoms with Crippen molar-refractivity contribution in [1.29, 1.82) is 0 Å². The Bertz CT molecular complexity index is 1280. The summed E-state index contributed by atoms with van der Waals surface area (Å²) in [5.41, 5.74) is 3.45. The van der Waals surface area contributed by atoms with Crippen LogP contribution in [0.4, 0.5) is 23.7 Å².